The maximum atomic E-state index is 13.8. The molecule has 6 heteroatoms. The number of halogens is 1. The topological polar surface area (TPSA) is 47.6 Å². The molecule has 1 aromatic rings. The first-order valence-electron chi connectivity index (χ1n) is 8.89. The summed E-state index contributed by atoms with van der Waals surface area (Å²) in [7, 11) is 0. The number of hydrogen-bond acceptors (Lipinski definition) is 4. The molecule has 5 nitrogen and oxygen atoms in total. The lowest BCUT2D eigenvalue weighted by molar-refractivity contribution is -0.121. The van der Waals surface area contributed by atoms with Gasteiger partial charge in [-0.25, -0.2) is 4.39 Å². The van der Waals surface area contributed by atoms with Crippen LogP contribution in [0.15, 0.2) is 18.2 Å². The molecular weight excluding hydrogens is 307 g/mol. The van der Waals surface area contributed by atoms with E-state index >= 15 is 0 Å². The first-order valence-corrected chi connectivity index (χ1v) is 8.89. The molecule has 2 fully saturated rings. The van der Waals surface area contributed by atoms with Gasteiger partial charge in [0.15, 0.2) is 0 Å². The first-order chi connectivity index (χ1) is 11.6. The van der Waals surface area contributed by atoms with Crippen LogP contribution in [-0.2, 0) is 4.79 Å². The summed E-state index contributed by atoms with van der Waals surface area (Å²) in [5, 5.41) is 6.19. The highest BCUT2D eigenvalue weighted by molar-refractivity contribution is 5.83. The molecule has 0 spiro atoms. The first kappa shape index (κ1) is 17.2. The molecule has 0 aliphatic carbocycles. The number of carbonyl (C=O) groups is 1. The van der Waals surface area contributed by atoms with Crippen LogP contribution in [0.3, 0.4) is 0 Å². The van der Waals surface area contributed by atoms with Crippen molar-refractivity contribution in [3.63, 3.8) is 0 Å². The van der Waals surface area contributed by atoms with Crippen molar-refractivity contribution < 1.29 is 9.18 Å². The van der Waals surface area contributed by atoms with E-state index < -0.39 is 0 Å². The van der Waals surface area contributed by atoms with Crippen LogP contribution in [0.25, 0.3) is 0 Å². The molecule has 1 amide bonds. The van der Waals surface area contributed by atoms with Gasteiger partial charge in [0.2, 0.25) is 5.91 Å². The van der Waals surface area contributed by atoms with Gasteiger partial charge in [0.05, 0.1) is 6.04 Å². The van der Waals surface area contributed by atoms with Gasteiger partial charge in [-0.2, -0.15) is 0 Å². The number of nitrogens with one attached hydrogen (secondary N) is 2. The van der Waals surface area contributed by atoms with E-state index in [4.69, 9.17) is 0 Å². The summed E-state index contributed by atoms with van der Waals surface area (Å²) < 4.78 is 13.8. The lowest BCUT2D eigenvalue weighted by Crippen LogP contribution is -2.46. The fourth-order valence-corrected chi connectivity index (χ4v) is 3.61. The van der Waals surface area contributed by atoms with Crippen LogP contribution >= 0.6 is 0 Å². The minimum Gasteiger partial charge on any atom is -0.369 e. The van der Waals surface area contributed by atoms with Gasteiger partial charge in [-0.15, -0.1) is 0 Å². The lowest BCUT2D eigenvalue weighted by Gasteiger charge is -2.37. The van der Waals surface area contributed by atoms with E-state index in [-0.39, 0.29) is 23.8 Å². The fourth-order valence-electron chi connectivity index (χ4n) is 3.61. The van der Waals surface area contributed by atoms with E-state index in [1.165, 1.54) is 6.07 Å². The van der Waals surface area contributed by atoms with E-state index in [0.717, 1.165) is 50.4 Å². The molecule has 0 aromatic heterocycles. The number of piperazine rings is 1. The second-order valence-corrected chi connectivity index (χ2v) is 6.65. The number of nitrogens with zero attached hydrogens (tertiary/aromatic N) is 2. The van der Waals surface area contributed by atoms with Gasteiger partial charge in [-0.3, -0.25) is 10.1 Å². The van der Waals surface area contributed by atoms with Gasteiger partial charge >= 0.3 is 0 Å². The molecule has 132 valence electrons. The Morgan fingerprint density at radius 3 is 2.71 bits per heavy atom. The number of rotatable bonds is 5. The highest BCUT2D eigenvalue weighted by Gasteiger charge is 2.27. The van der Waals surface area contributed by atoms with Crippen molar-refractivity contribution in [2.75, 3.05) is 44.2 Å². The van der Waals surface area contributed by atoms with Gasteiger partial charge in [0, 0.05) is 44.5 Å². The normalized spacial score (nSPS) is 23.4. The van der Waals surface area contributed by atoms with Gasteiger partial charge in [-0.05, 0) is 43.7 Å². The summed E-state index contributed by atoms with van der Waals surface area (Å²) in [6, 6.07) is 4.74. The Morgan fingerprint density at radius 1 is 1.33 bits per heavy atom. The SMILES string of the molecule is CCN1CCN(c2ccc(F)cc2[C@H](C)N[C@H]2CCNC2=O)CC1. The van der Waals surface area contributed by atoms with Crippen molar-refractivity contribution in [2.24, 2.45) is 0 Å². The summed E-state index contributed by atoms with van der Waals surface area (Å²) in [6.07, 6.45) is 0.781. The summed E-state index contributed by atoms with van der Waals surface area (Å²) >= 11 is 0. The van der Waals surface area contributed by atoms with Crippen molar-refractivity contribution >= 4 is 11.6 Å². The lowest BCUT2D eigenvalue weighted by atomic mass is 10.0. The molecule has 0 bridgehead atoms. The Labute approximate surface area is 143 Å². The predicted molar refractivity (Wildman–Crippen MR) is 93.7 cm³/mol. The molecule has 2 saturated heterocycles. The number of anilines is 1. The van der Waals surface area contributed by atoms with Crippen LogP contribution in [0.5, 0.6) is 0 Å². The fraction of sp³-hybridized carbons (Fsp3) is 0.611. The van der Waals surface area contributed by atoms with Gasteiger partial charge in [-0.1, -0.05) is 6.92 Å². The molecular formula is C18H27FN4O. The smallest absolute Gasteiger partial charge is 0.237 e. The van der Waals surface area contributed by atoms with Gasteiger partial charge in [0.25, 0.3) is 0 Å². The molecule has 2 N–H and O–H groups in total. The summed E-state index contributed by atoms with van der Waals surface area (Å²) in [4.78, 5) is 16.5. The Hall–Kier alpha value is -1.66. The van der Waals surface area contributed by atoms with Crippen LogP contribution in [0.2, 0.25) is 0 Å². The van der Waals surface area contributed by atoms with Gasteiger partial charge < -0.3 is 15.1 Å². The third kappa shape index (κ3) is 3.70. The van der Waals surface area contributed by atoms with E-state index in [2.05, 4.69) is 27.4 Å². The van der Waals surface area contributed by atoms with Crippen LogP contribution in [0, 0.1) is 5.82 Å². The molecule has 2 aliphatic heterocycles. The zero-order chi connectivity index (χ0) is 17.1. The summed E-state index contributed by atoms with van der Waals surface area (Å²) in [5.41, 5.74) is 2.00. The Bertz CT molecular complexity index is 586. The van der Waals surface area contributed by atoms with Crippen molar-refractivity contribution in [2.45, 2.75) is 32.4 Å². The van der Waals surface area contributed by atoms with Crippen molar-refractivity contribution in [3.8, 4) is 0 Å². The average molecular weight is 334 g/mol. The van der Waals surface area contributed by atoms with Crippen LogP contribution in [0.1, 0.15) is 31.9 Å². The number of amides is 1. The zero-order valence-electron chi connectivity index (χ0n) is 14.5. The number of likely N-dealkylation sites (N-methyl/N-ethyl adjacent to an activating group) is 1. The van der Waals surface area contributed by atoms with Crippen LogP contribution < -0.4 is 15.5 Å². The maximum Gasteiger partial charge on any atom is 0.237 e. The molecule has 2 atom stereocenters. The Morgan fingerprint density at radius 2 is 2.08 bits per heavy atom. The Kier molecular flexibility index (Phi) is 5.36. The number of carbonyl (C=O) groups excluding carboxylic acids is 1. The minimum absolute atomic E-state index is 0.0383. The average Bonchev–Trinajstić information content (AvgIpc) is 3.00. The predicted octanol–water partition coefficient (Wildman–Crippen LogP) is 1.51. The standard InChI is InChI=1S/C18H27FN4O/c1-3-22-8-10-23(11-9-22)17-5-4-14(19)12-15(17)13(2)21-16-6-7-20-18(16)24/h4-5,12-13,16,21H,3,6-11H2,1-2H3,(H,20,24)/t13-,16-/m0/s1. The quantitative estimate of drug-likeness (QED) is 0.857. The summed E-state index contributed by atoms with van der Waals surface area (Å²) in [6.45, 7) is 9.91. The van der Waals surface area contributed by atoms with E-state index in [9.17, 15) is 9.18 Å². The second kappa shape index (κ2) is 7.49. The van der Waals surface area contributed by atoms with Crippen molar-refractivity contribution in [1.82, 2.24) is 15.5 Å². The zero-order valence-corrected chi connectivity index (χ0v) is 14.5. The molecule has 3 rings (SSSR count). The second-order valence-electron chi connectivity index (χ2n) is 6.65. The molecule has 2 aliphatic rings. The molecule has 24 heavy (non-hydrogen) atoms. The van der Waals surface area contributed by atoms with Crippen LogP contribution in [-0.4, -0.2) is 56.1 Å². The Balaban J connectivity index is 1.76. The maximum absolute atomic E-state index is 13.8. The highest BCUT2D eigenvalue weighted by Crippen LogP contribution is 2.29. The minimum atomic E-state index is -0.231. The van der Waals surface area contributed by atoms with Gasteiger partial charge in [0.1, 0.15) is 5.82 Å². The molecule has 0 saturated carbocycles. The van der Waals surface area contributed by atoms with Crippen LogP contribution in [0.4, 0.5) is 10.1 Å². The van der Waals surface area contributed by atoms with E-state index in [0.29, 0.717) is 6.54 Å². The van der Waals surface area contributed by atoms with E-state index in [1.54, 1.807) is 6.07 Å². The largest absolute Gasteiger partial charge is 0.369 e. The third-order valence-corrected chi connectivity index (χ3v) is 5.12. The highest BCUT2D eigenvalue weighted by atomic mass is 19.1. The molecule has 0 unspecified atom stereocenters. The summed E-state index contributed by atoms with van der Waals surface area (Å²) in [5.74, 6) is -0.193. The number of hydrogen-bond donors (Lipinski definition) is 2. The number of benzene rings is 1. The molecule has 2 heterocycles. The third-order valence-electron chi connectivity index (χ3n) is 5.12. The van der Waals surface area contributed by atoms with Crippen molar-refractivity contribution in [3.05, 3.63) is 29.6 Å². The monoisotopic (exact) mass is 334 g/mol. The molecule has 1 aromatic carbocycles. The molecule has 0 radical (unpaired) electrons. The van der Waals surface area contributed by atoms with E-state index in [1.807, 2.05) is 13.0 Å². The van der Waals surface area contributed by atoms with Crippen molar-refractivity contribution in [1.29, 1.82) is 0 Å².